The summed E-state index contributed by atoms with van der Waals surface area (Å²) in [5, 5.41) is 9.32. The summed E-state index contributed by atoms with van der Waals surface area (Å²) in [6.45, 7) is 3.77. The zero-order chi connectivity index (χ0) is 12.3. The lowest BCUT2D eigenvalue weighted by molar-refractivity contribution is -0.153. The van der Waals surface area contributed by atoms with Gasteiger partial charge in [0, 0.05) is 12.0 Å². The first-order chi connectivity index (χ1) is 8.17. The van der Waals surface area contributed by atoms with E-state index in [0.717, 1.165) is 25.7 Å². The molecule has 1 atom stereocenters. The Balaban J connectivity index is 2.06. The van der Waals surface area contributed by atoms with Crippen LogP contribution in [-0.4, -0.2) is 48.3 Å². The van der Waals surface area contributed by atoms with Gasteiger partial charge >= 0.3 is 0 Å². The van der Waals surface area contributed by atoms with Crippen molar-refractivity contribution in [2.75, 3.05) is 26.4 Å². The predicted octanol–water partition coefficient (Wildman–Crippen LogP) is 1.18. The second-order valence-corrected chi connectivity index (χ2v) is 5.53. The summed E-state index contributed by atoms with van der Waals surface area (Å²) in [7, 11) is 0. The Labute approximate surface area is 103 Å². The molecule has 2 rings (SSSR count). The molecule has 0 aromatic rings. The number of morpholine rings is 1. The van der Waals surface area contributed by atoms with Crippen molar-refractivity contribution in [3.8, 4) is 0 Å². The van der Waals surface area contributed by atoms with E-state index in [9.17, 15) is 9.90 Å². The van der Waals surface area contributed by atoms with Gasteiger partial charge in [0.2, 0.25) is 5.91 Å². The number of aliphatic hydroxyl groups is 1. The van der Waals surface area contributed by atoms with E-state index in [-0.39, 0.29) is 24.0 Å². The number of amides is 1. The molecule has 1 amide bonds. The van der Waals surface area contributed by atoms with E-state index in [1.165, 1.54) is 6.42 Å². The van der Waals surface area contributed by atoms with Gasteiger partial charge in [0.25, 0.3) is 0 Å². The molecule has 0 aromatic carbocycles. The van der Waals surface area contributed by atoms with Crippen LogP contribution in [0.15, 0.2) is 0 Å². The van der Waals surface area contributed by atoms with Crippen LogP contribution < -0.4 is 0 Å². The highest BCUT2D eigenvalue weighted by Gasteiger charge is 2.40. The largest absolute Gasteiger partial charge is 0.394 e. The summed E-state index contributed by atoms with van der Waals surface area (Å²) < 4.78 is 5.32. The SMILES string of the molecule is CC1(C(=O)N2CCOCC2CO)CCCCC1. The van der Waals surface area contributed by atoms with Crippen LogP contribution in [0.4, 0.5) is 0 Å². The van der Waals surface area contributed by atoms with E-state index < -0.39 is 0 Å². The Morgan fingerprint density at radius 3 is 2.76 bits per heavy atom. The summed E-state index contributed by atoms with van der Waals surface area (Å²) in [4.78, 5) is 14.4. The van der Waals surface area contributed by atoms with Crippen LogP contribution in [0.3, 0.4) is 0 Å². The Morgan fingerprint density at radius 1 is 1.41 bits per heavy atom. The molecule has 1 N–H and O–H groups in total. The second-order valence-electron chi connectivity index (χ2n) is 5.53. The zero-order valence-corrected chi connectivity index (χ0v) is 10.7. The smallest absolute Gasteiger partial charge is 0.228 e. The van der Waals surface area contributed by atoms with Crippen molar-refractivity contribution < 1.29 is 14.6 Å². The van der Waals surface area contributed by atoms with Crippen LogP contribution in [0, 0.1) is 5.41 Å². The summed E-state index contributed by atoms with van der Waals surface area (Å²) in [5.41, 5.74) is -0.205. The van der Waals surface area contributed by atoms with Gasteiger partial charge in [-0.2, -0.15) is 0 Å². The summed E-state index contributed by atoms with van der Waals surface area (Å²) >= 11 is 0. The fraction of sp³-hybridized carbons (Fsp3) is 0.923. The Kier molecular flexibility index (Phi) is 4.05. The Morgan fingerprint density at radius 2 is 2.12 bits per heavy atom. The Bertz CT molecular complexity index is 274. The van der Waals surface area contributed by atoms with Crippen molar-refractivity contribution in [1.29, 1.82) is 0 Å². The van der Waals surface area contributed by atoms with Gasteiger partial charge in [0.15, 0.2) is 0 Å². The van der Waals surface area contributed by atoms with Crippen LogP contribution in [0.25, 0.3) is 0 Å². The molecule has 1 aliphatic carbocycles. The minimum Gasteiger partial charge on any atom is -0.394 e. The maximum Gasteiger partial charge on any atom is 0.228 e. The highest BCUT2D eigenvalue weighted by Crippen LogP contribution is 2.38. The standard InChI is InChI=1S/C13H23NO3/c1-13(5-3-2-4-6-13)12(16)14-7-8-17-10-11(14)9-15/h11,15H,2-10H2,1H3. The molecule has 4 nitrogen and oxygen atoms in total. The molecule has 1 unspecified atom stereocenters. The highest BCUT2D eigenvalue weighted by molar-refractivity contribution is 5.82. The quantitative estimate of drug-likeness (QED) is 0.789. The highest BCUT2D eigenvalue weighted by atomic mass is 16.5. The molecule has 1 saturated heterocycles. The topological polar surface area (TPSA) is 49.8 Å². The minimum absolute atomic E-state index is 0.00181. The first kappa shape index (κ1) is 12.8. The number of ether oxygens (including phenoxy) is 1. The molecule has 1 heterocycles. The molecule has 4 heteroatoms. The molecule has 0 bridgehead atoms. The number of carbonyl (C=O) groups is 1. The molecule has 17 heavy (non-hydrogen) atoms. The van der Waals surface area contributed by atoms with Gasteiger partial charge < -0.3 is 14.7 Å². The summed E-state index contributed by atoms with van der Waals surface area (Å²) in [6.07, 6.45) is 5.52. The number of aliphatic hydroxyl groups excluding tert-OH is 1. The van der Waals surface area contributed by atoms with Gasteiger partial charge in [-0.15, -0.1) is 0 Å². The number of rotatable bonds is 2. The van der Waals surface area contributed by atoms with Crippen molar-refractivity contribution in [3.63, 3.8) is 0 Å². The van der Waals surface area contributed by atoms with Crippen molar-refractivity contribution in [2.24, 2.45) is 5.41 Å². The van der Waals surface area contributed by atoms with Crippen molar-refractivity contribution in [1.82, 2.24) is 4.90 Å². The molecule has 98 valence electrons. The average molecular weight is 241 g/mol. The molecule has 1 aliphatic heterocycles. The lowest BCUT2D eigenvalue weighted by Gasteiger charge is -2.42. The van der Waals surface area contributed by atoms with Gasteiger partial charge in [0.05, 0.1) is 25.9 Å². The molecule has 1 saturated carbocycles. The van der Waals surface area contributed by atoms with Gasteiger partial charge in [-0.3, -0.25) is 4.79 Å². The molecule has 0 radical (unpaired) electrons. The number of carbonyl (C=O) groups excluding carboxylic acids is 1. The normalized spacial score (nSPS) is 29.1. The molecule has 2 aliphatic rings. The fourth-order valence-corrected chi connectivity index (χ4v) is 2.97. The minimum atomic E-state index is -0.205. The van der Waals surface area contributed by atoms with E-state index >= 15 is 0 Å². The lowest BCUT2D eigenvalue weighted by Crippen LogP contribution is -2.55. The van der Waals surface area contributed by atoms with E-state index in [1.54, 1.807) is 0 Å². The van der Waals surface area contributed by atoms with Crippen LogP contribution >= 0.6 is 0 Å². The van der Waals surface area contributed by atoms with E-state index in [4.69, 9.17) is 4.74 Å². The number of hydrogen-bond donors (Lipinski definition) is 1. The zero-order valence-electron chi connectivity index (χ0n) is 10.7. The van der Waals surface area contributed by atoms with Gasteiger partial charge in [-0.1, -0.05) is 26.2 Å². The van der Waals surface area contributed by atoms with E-state index in [2.05, 4.69) is 6.92 Å². The van der Waals surface area contributed by atoms with Crippen molar-refractivity contribution in [2.45, 2.75) is 45.1 Å². The summed E-state index contributed by atoms with van der Waals surface area (Å²) in [6, 6.07) is -0.144. The molecule has 0 spiro atoms. The third-order valence-corrected chi connectivity index (χ3v) is 4.17. The van der Waals surface area contributed by atoms with Crippen molar-refractivity contribution >= 4 is 5.91 Å². The Hall–Kier alpha value is -0.610. The maximum absolute atomic E-state index is 12.6. The maximum atomic E-state index is 12.6. The van der Waals surface area contributed by atoms with Gasteiger partial charge in [-0.05, 0) is 12.8 Å². The van der Waals surface area contributed by atoms with Crippen LogP contribution in [0.5, 0.6) is 0 Å². The van der Waals surface area contributed by atoms with Gasteiger partial charge in [-0.25, -0.2) is 0 Å². The molecular weight excluding hydrogens is 218 g/mol. The average Bonchev–Trinajstić information content (AvgIpc) is 2.38. The van der Waals surface area contributed by atoms with Crippen molar-refractivity contribution in [3.05, 3.63) is 0 Å². The molecule has 2 fully saturated rings. The van der Waals surface area contributed by atoms with E-state index in [1.807, 2.05) is 4.90 Å². The fourth-order valence-electron chi connectivity index (χ4n) is 2.97. The second kappa shape index (κ2) is 5.36. The van der Waals surface area contributed by atoms with Crippen LogP contribution in [0.1, 0.15) is 39.0 Å². The molecular formula is C13H23NO3. The van der Waals surface area contributed by atoms with Crippen LogP contribution in [0.2, 0.25) is 0 Å². The third-order valence-electron chi connectivity index (χ3n) is 4.17. The number of nitrogens with zero attached hydrogens (tertiary/aromatic N) is 1. The first-order valence-corrected chi connectivity index (χ1v) is 6.67. The van der Waals surface area contributed by atoms with E-state index in [0.29, 0.717) is 19.8 Å². The van der Waals surface area contributed by atoms with Crippen LogP contribution in [-0.2, 0) is 9.53 Å². The summed E-state index contributed by atoms with van der Waals surface area (Å²) in [5.74, 6) is 0.222. The van der Waals surface area contributed by atoms with Gasteiger partial charge in [0.1, 0.15) is 0 Å². The molecule has 0 aromatic heterocycles. The third kappa shape index (κ3) is 2.63. The predicted molar refractivity (Wildman–Crippen MR) is 64.6 cm³/mol. The first-order valence-electron chi connectivity index (χ1n) is 6.67. The monoisotopic (exact) mass is 241 g/mol. The number of hydrogen-bond acceptors (Lipinski definition) is 3. The lowest BCUT2D eigenvalue weighted by atomic mass is 9.74.